The van der Waals surface area contributed by atoms with Crippen molar-refractivity contribution in [2.75, 3.05) is 30.8 Å². The van der Waals surface area contributed by atoms with E-state index >= 15 is 0 Å². The van der Waals surface area contributed by atoms with Crippen LogP contribution in [0.25, 0.3) is 11.3 Å². The Morgan fingerprint density at radius 3 is 3.00 bits per heavy atom. The Morgan fingerprint density at radius 1 is 1.43 bits per heavy atom. The summed E-state index contributed by atoms with van der Waals surface area (Å²) in [6.45, 7) is 6.63. The lowest BCUT2D eigenvalue weighted by Crippen LogP contribution is -2.33. The molecule has 2 aromatic rings. The lowest BCUT2D eigenvalue weighted by atomic mass is 10.2. The van der Waals surface area contributed by atoms with E-state index < -0.39 is 0 Å². The van der Waals surface area contributed by atoms with Gasteiger partial charge in [0, 0.05) is 47.8 Å². The number of hydrogen-bond acceptors (Lipinski definition) is 6. The number of nitrogens with one attached hydrogen (secondary N) is 1. The zero-order valence-corrected chi connectivity index (χ0v) is 17.7. The van der Waals surface area contributed by atoms with Crippen LogP contribution in [0.5, 0.6) is 0 Å². The molecular formula is C19H24N4O3S2. The number of thioether (sulfide) groups is 1. The summed E-state index contributed by atoms with van der Waals surface area (Å²) in [6, 6.07) is 2.14. The molecule has 0 aromatic carbocycles. The van der Waals surface area contributed by atoms with Crippen molar-refractivity contribution >= 4 is 39.4 Å². The topological polar surface area (TPSA) is 76.5 Å². The molecule has 2 saturated heterocycles. The fourth-order valence-corrected chi connectivity index (χ4v) is 5.24. The van der Waals surface area contributed by atoms with Crippen molar-refractivity contribution < 1.29 is 14.3 Å². The van der Waals surface area contributed by atoms with E-state index in [-0.39, 0.29) is 23.8 Å². The molecule has 0 radical (unpaired) electrons. The lowest BCUT2D eigenvalue weighted by molar-refractivity contribution is -0.116. The van der Waals surface area contributed by atoms with E-state index in [0.717, 1.165) is 48.7 Å². The van der Waals surface area contributed by atoms with Gasteiger partial charge in [-0.15, -0.1) is 11.3 Å². The van der Waals surface area contributed by atoms with E-state index in [1.54, 1.807) is 4.90 Å². The second-order valence-electron chi connectivity index (χ2n) is 7.15. The number of nitrogens with zero attached hydrogens (tertiary/aromatic N) is 3. The molecule has 2 fully saturated rings. The third-order valence-corrected chi connectivity index (χ3v) is 6.84. The van der Waals surface area contributed by atoms with Crippen LogP contribution in [0.3, 0.4) is 0 Å². The van der Waals surface area contributed by atoms with Gasteiger partial charge in [0.05, 0.1) is 11.8 Å². The minimum absolute atomic E-state index is 0.0336. The number of anilines is 1. The predicted molar refractivity (Wildman–Crippen MR) is 112 cm³/mol. The van der Waals surface area contributed by atoms with Gasteiger partial charge in [0.1, 0.15) is 6.54 Å². The Bertz CT molecular complexity index is 886. The average Bonchev–Trinajstić information content (AvgIpc) is 3.43. The van der Waals surface area contributed by atoms with Crippen LogP contribution in [0.2, 0.25) is 0 Å². The van der Waals surface area contributed by atoms with Crippen LogP contribution in [-0.2, 0) is 16.1 Å². The highest BCUT2D eigenvalue weighted by molar-refractivity contribution is 8.13. The summed E-state index contributed by atoms with van der Waals surface area (Å²) in [6.07, 6.45) is 2.53. The van der Waals surface area contributed by atoms with E-state index in [1.165, 1.54) is 28.8 Å². The van der Waals surface area contributed by atoms with Gasteiger partial charge in [-0.05, 0) is 32.8 Å². The molecule has 0 saturated carbocycles. The number of carbonyl (C=O) groups excluding carboxylic acids is 2. The highest BCUT2D eigenvalue weighted by atomic mass is 32.2. The largest absolute Gasteiger partial charge is 0.376 e. The van der Waals surface area contributed by atoms with Gasteiger partial charge in [-0.2, -0.15) is 0 Å². The van der Waals surface area contributed by atoms with Gasteiger partial charge in [0.15, 0.2) is 5.13 Å². The van der Waals surface area contributed by atoms with Crippen LogP contribution in [0, 0.1) is 13.8 Å². The number of amides is 2. The first kappa shape index (κ1) is 19.5. The van der Waals surface area contributed by atoms with Gasteiger partial charge in [0.2, 0.25) is 5.91 Å². The third kappa shape index (κ3) is 4.11. The van der Waals surface area contributed by atoms with Crippen molar-refractivity contribution in [1.82, 2.24) is 14.5 Å². The van der Waals surface area contributed by atoms with E-state index in [2.05, 4.69) is 34.8 Å². The SMILES string of the molecule is Cc1cc(-c2csc(NC(=O)CN3CCSC3=O)n2)c(C)n1C[C@H]1CCCO1. The maximum atomic E-state index is 12.2. The molecule has 2 aliphatic heterocycles. The van der Waals surface area contributed by atoms with Gasteiger partial charge in [-0.3, -0.25) is 9.59 Å². The summed E-state index contributed by atoms with van der Waals surface area (Å²) in [4.78, 5) is 30.0. The smallest absolute Gasteiger partial charge is 0.282 e. The van der Waals surface area contributed by atoms with Gasteiger partial charge >= 0.3 is 0 Å². The number of carbonyl (C=O) groups is 2. The second-order valence-corrected chi connectivity index (χ2v) is 9.06. The molecule has 1 N–H and O–H groups in total. The number of aryl methyl sites for hydroxylation is 1. The van der Waals surface area contributed by atoms with Gasteiger partial charge in [-0.1, -0.05) is 11.8 Å². The molecule has 4 rings (SSSR count). The van der Waals surface area contributed by atoms with E-state index in [9.17, 15) is 9.59 Å². The molecule has 2 amide bonds. The molecule has 9 heteroatoms. The van der Waals surface area contributed by atoms with Crippen molar-refractivity contribution in [3.63, 3.8) is 0 Å². The molecule has 0 bridgehead atoms. The van der Waals surface area contributed by atoms with Crippen LogP contribution in [0.4, 0.5) is 9.93 Å². The Hall–Kier alpha value is -1.84. The normalized spacial score (nSPS) is 19.6. The maximum absolute atomic E-state index is 12.2. The number of ether oxygens (including phenoxy) is 1. The quantitative estimate of drug-likeness (QED) is 0.774. The Labute approximate surface area is 172 Å². The summed E-state index contributed by atoms with van der Waals surface area (Å²) in [7, 11) is 0. The molecule has 28 heavy (non-hydrogen) atoms. The number of aromatic nitrogens is 2. The van der Waals surface area contributed by atoms with Crippen LogP contribution in [-0.4, -0.2) is 57.2 Å². The maximum Gasteiger partial charge on any atom is 0.282 e. The first-order valence-electron chi connectivity index (χ1n) is 9.47. The summed E-state index contributed by atoms with van der Waals surface area (Å²) in [5.41, 5.74) is 4.29. The first-order chi connectivity index (χ1) is 13.5. The lowest BCUT2D eigenvalue weighted by Gasteiger charge is -2.14. The van der Waals surface area contributed by atoms with Crippen LogP contribution in [0.1, 0.15) is 24.2 Å². The summed E-state index contributed by atoms with van der Waals surface area (Å²) < 4.78 is 8.07. The molecular weight excluding hydrogens is 396 g/mol. The number of hydrogen-bond donors (Lipinski definition) is 1. The highest BCUT2D eigenvalue weighted by Gasteiger charge is 2.24. The second kappa shape index (κ2) is 8.26. The zero-order chi connectivity index (χ0) is 19.7. The highest BCUT2D eigenvalue weighted by Crippen LogP contribution is 2.31. The molecule has 1 atom stereocenters. The standard InChI is InChI=1S/C19H24N4O3S2/c1-12-8-15(13(2)23(12)9-14-4-3-6-26-14)16-11-28-18(20-16)21-17(24)10-22-5-7-27-19(22)25/h8,11,14H,3-7,9-10H2,1-2H3,(H,20,21,24)/t14-/m1/s1. The Morgan fingerprint density at radius 2 is 2.29 bits per heavy atom. The van der Waals surface area contributed by atoms with Crippen LogP contribution < -0.4 is 5.32 Å². The molecule has 7 nitrogen and oxygen atoms in total. The molecule has 0 unspecified atom stereocenters. The molecule has 150 valence electrons. The molecule has 4 heterocycles. The predicted octanol–water partition coefficient (Wildman–Crippen LogP) is 3.51. The summed E-state index contributed by atoms with van der Waals surface area (Å²) >= 11 is 2.66. The van der Waals surface area contributed by atoms with Gasteiger partial charge in [0.25, 0.3) is 5.24 Å². The Kier molecular flexibility index (Phi) is 5.75. The first-order valence-corrected chi connectivity index (χ1v) is 11.3. The minimum atomic E-state index is -0.208. The molecule has 0 aliphatic carbocycles. The van der Waals surface area contributed by atoms with Crippen molar-refractivity contribution in [2.45, 2.75) is 39.3 Å². The van der Waals surface area contributed by atoms with Crippen molar-refractivity contribution in [1.29, 1.82) is 0 Å². The number of thiazole rings is 1. The fourth-order valence-electron chi connectivity index (χ4n) is 3.69. The van der Waals surface area contributed by atoms with Gasteiger partial charge in [-0.25, -0.2) is 4.98 Å². The minimum Gasteiger partial charge on any atom is -0.376 e. The van der Waals surface area contributed by atoms with Crippen LogP contribution in [0.15, 0.2) is 11.4 Å². The summed E-state index contributed by atoms with van der Waals surface area (Å²) in [5.74, 6) is 0.537. The summed E-state index contributed by atoms with van der Waals surface area (Å²) in [5, 5.41) is 5.31. The van der Waals surface area contributed by atoms with Crippen LogP contribution >= 0.6 is 23.1 Å². The van der Waals surface area contributed by atoms with E-state index in [0.29, 0.717) is 11.7 Å². The van der Waals surface area contributed by atoms with Crippen molar-refractivity contribution in [3.8, 4) is 11.3 Å². The van der Waals surface area contributed by atoms with E-state index in [1.807, 2.05) is 5.38 Å². The monoisotopic (exact) mass is 420 g/mol. The van der Waals surface area contributed by atoms with Crippen molar-refractivity contribution in [2.24, 2.45) is 0 Å². The number of rotatable bonds is 6. The molecule has 0 spiro atoms. The van der Waals surface area contributed by atoms with Crippen molar-refractivity contribution in [3.05, 3.63) is 22.8 Å². The zero-order valence-electron chi connectivity index (χ0n) is 16.1. The Balaban J connectivity index is 1.43. The molecule has 2 aliphatic rings. The van der Waals surface area contributed by atoms with Gasteiger partial charge < -0.3 is 19.5 Å². The fraction of sp³-hybridized carbons (Fsp3) is 0.526. The third-order valence-electron chi connectivity index (χ3n) is 5.19. The average molecular weight is 421 g/mol. The molecule has 2 aromatic heterocycles. The van der Waals surface area contributed by atoms with E-state index in [4.69, 9.17) is 4.74 Å².